The first-order valence-corrected chi connectivity index (χ1v) is 6.68. The molecule has 0 aliphatic carbocycles. The molecule has 2 aromatic rings. The molecule has 1 aromatic carbocycles. The molecule has 1 unspecified atom stereocenters. The number of thioether (sulfide) groups is 1. The van der Waals surface area contributed by atoms with Crippen molar-refractivity contribution >= 4 is 11.8 Å². The maximum atomic E-state index is 10.2. The minimum Gasteiger partial charge on any atom is -0.384 e. The van der Waals surface area contributed by atoms with Gasteiger partial charge in [-0.15, -0.1) is 11.8 Å². The zero-order chi connectivity index (χ0) is 12.3. The zero-order valence-electron chi connectivity index (χ0n) is 9.92. The largest absolute Gasteiger partial charge is 0.384 e. The van der Waals surface area contributed by atoms with Crippen LogP contribution in [0.3, 0.4) is 0 Å². The Balaban J connectivity index is 2.32. The molecule has 0 radical (unpaired) electrons. The van der Waals surface area contributed by atoms with E-state index in [2.05, 4.69) is 4.98 Å². The molecular weight excluding hydrogens is 230 g/mol. The van der Waals surface area contributed by atoms with Crippen LogP contribution in [0.2, 0.25) is 0 Å². The lowest BCUT2D eigenvalue weighted by Crippen LogP contribution is -2.01. The molecule has 0 aliphatic heterocycles. The number of hydrogen-bond acceptors (Lipinski definition) is 3. The summed E-state index contributed by atoms with van der Waals surface area (Å²) in [4.78, 5) is 4.35. The Bertz CT molecular complexity index is 499. The summed E-state index contributed by atoms with van der Waals surface area (Å²) in [5.74, 6) is 0. The average molecular weight is 245 g/mol. The van der Waals surface area contributed by atoms with Gasteiger partial charge in [0.05, 0.1) is 5.03 Å². The van der Waals surface area contributed by atoms with E-state index in [1.165, 1.54) is 0 Å². The van der Waals surface area contributed by atoms with Crippen LogP contribution in [-0.2, 0) is 0 Å². The minimum atomic E-state index is -0.599. The number of aryl methyl sites for hydroxylation is 1. The summed E-state index contributed by atoms with van der Waals surface area (Å²) in [5, 5.41) is 11.2. The third-order valence-corrected chi connectivity index (χ3v) is 3.49. The second-order valence-corrected chi connectivity index (χ2v) is 4.70. The molecule has 1 atom stereocenters. The second-order valence-electron chi connectivity index (χ2n) is 3.91. The standard InChI is InChI=1S/C14H15NOS/c1-10-8-12(9-15-14(10)17-2)13(16)11-6-4-3-5-7-11/h3-9,13,16H,1-2H3. The molecule has 17 heavy (non-hydrogen) atoms. The van der Waals surface area contributed by atoms with Crippen LogP contribution in [-0.4, -0.2) is 16.3 Å². The van der Waals surface area contributed by atoms with E-state index in [4.69, 9.17) is 0 Å². The predicted molar refractivity (Wildman–Crippen MR) is 71.3 cm³/mol. The fraction of sp³-hybridized carbons (Fsp3) is 0.214. The Labute approximate surface area is 106 Å². The van der Waals surface area contributed by atoms with Crippen LogP contribution in [0.25, 0.3) is 0 Å². The number of aromatic nitrogens is 1. The summed E-state index contributed by atoms with van der Waals surface area (Å²) < 4.78 is 0. The first kappa shape index (κ1) is 12.1. The summed E-state index contributed by atoms with van der Waals surface area (Å²) in [6, 6.07) is 11.6. The molecular formula is C14H15NOS. The van der Waals surface area contributed by atoms with Gasteiger partial charge in [0.15, 0.2) is 0 Å². The Morgan fingerprint density at radius 3 is 2.47 bits per heavy atom. The predicted octanol–water partition coefficient (Wildman–Crippen LogP) is 3.19. The molecule has 3 heteroatoms. The third-order valence-electron chi connectivity index (χ3n) is 2.68. The van der Waals surface area contributed by atoms with Crippen LogP contribution in [0.5, 0.6) is 0 Å². The fourth-order valence-corrected chi connectivity index (χ4v) is 2.31. The van der Waals surface area contributed by atoms with E-state index in [0.717, 1.165) is 21.7 Å². The lowest BCUT2D eigenvalue weighted by atomic mass is 10.0. The fourth-order valence-electron chi connectivity index (χ4n) is 1.77. The van der Waals surface area contributed by atoms with Crippen molar-refractivity contribution in [3.8, 4) is 0 Å². The van der Waals surface area contributed by atoms with Gasteiger partial charge in [0.1, 0.15) is 6.10 Å². The number of rotatable bonds is 3. The molecule has 0 aliphatic rings. The molecule has 0 amide bonds. The van der Waals surface area contributed by atoms with Crippen LogP contribution in [0, 0.1) is 6.92 Å². The third kappa shape index (κ3) is 2.68. The van der Waals surface area contributed by atoms with Crippen molar-refractivity contribution in [3.63, 3.8) is 0 Å². The monoisotopic (exact) mass is 245 g/mol. The quantitative estimate of drug-likeness (QED) is 0.843. The molecule has 0 spiro atoms. The van der Waals surface area contributed by atoms with Gasteiger partial charge in [0, 0.05) is 11.8 Å². The number of hydrogen-bond donors (Lipinski definition) is 1. The van der Waals surface area contributed by atoms with Gasteiger partial charge in [0.25, 0.3) is 0 Å². The Morgan fingerprint density at radius 1 is 1.18 bits per heavy atom. The first-order chi connectivity index (χ1) is 8.22. The number of pyridine rings is 1. The van der Waals surface area contributed by atoms with Crippen LogP contribution in [0.1, 0.15) is 22.8 Å². The molecule has 0 saturated carbocycles. The molecule has 88 valence electrons. The SMILES string of the molecule is CSc1ncc(C(O)c2ccccc2)cc1C. The van der Waals surface area contributed by atoms with Crippen molar-refractivity contribution in [2.75, 3.05) is 6.26 Å². The van der Waals surface area contributed by atoms with Gasteiger partial charge >= 0.3 is 0 Å². The van der Waals surface area contributed by atoms with Crippen LogP contribution in [0.4, 0.5) is 0 Å². The van der Waals surface area contributed by atoms with Crippen LogP contribution in [0.15, 0.2) is 47.6 Å². The Kier molecular flexibility index (Phi) is 3.82. The smallest absolute Gasteiger partial charge is 0.106 e. The van der Waals surface area contributed by atoms with Crippen LogP contribution >= 0.6 is 11.8 Å². The van der Waals surface area contributed by atoms with E-state index in [-0.39, 0.29) is 0 Å². The van der Waals surface area contributed by atoms with Crippen LogP contribution < -0.4 is 0 Å². The average Bonchev–Trinajstić information content (AvgIpc) is 2.39. The van der Waals surface area contributed by atoms with Crippen molar-refractivity contribution in [1.29, 1.82) is 0 Å². The maximum Gasteiger partial charge on any atom is 0.106 e. The van der Waals surface area contributed by atoms with Gasteiger partial charge in [-0.05, 0) is 30.4 Å². The lowest BCUT2D eigenvalue weighted by Gasteiger charge is -2.12. The van der Waals surface area contributed by atoms with E-state index in [0.29, 0.717) is 0 Å². The number of aliphatic hydroxyl groups excluding tert-OH is 1. The first-order valence-electron chi connectivity index (χ1n) is 5.46. The number of benzene rings is 1. The van der Waals surface area contributed by atoms with Gasteiger partial charge in [-0.25, -0.2) is 4.98 Å². The van der Waals surface area contributed by atoms with Crippen molar-refractivity contribution in [1.82, 2.24) is 4.98 Å². The van der Waals surface area contributed by atoms with Gasteiger partial charge < -0.3 is 5.11 Å². The lowest BCUT2D eigenvalue weighted by molar-refractivity contribution is 0.219. The van der Waals surface area contributed by atoms with Gasteiger partial charge in [-0.1, -0.05) is 30.3 Å². The molecule has 2 rings (SSSR count). The normalized spacial score (nSPS) is 12.4. The van der Waals surface area contributed by atoms with Crippen molar-refractivity contribution in [3.05, 3.63) is 59.3 Å². The highest BCUT2D eigenvalue weighted by Gasteiger charge is 2.11. The van der Waals surface area contributed by atoms with E-state index in [1.807, 2.05) is 49.6 Å². The molecule has 2 nitrogen and oxygen atoms in total. The molecule has 0 bridgehead atoms. The highest BCUT2D eigenvalue weighted by molar-refractivity contribution is 7.98. The summed E-state index contributed by atoms with van der Waals surface area (Å²) >= 11 is 1.62. The summed E-state index contributed by atoms with van der Waals surface area (Å²) in [6.45, 7) is 2.01. The molecule has 1 heterocycles. The Morgan fingerprint density at radius 2 is 1.88 bits per heavy atom. The van der Waals surface area contributed by atoms with Crippen molar-refractivity contribution in [2.45, 2.75) is 18.1 Å². The van der Waals surface area contributed by atoms with Gasteiger partial charge in [-0.3, -0.25) is 0 Å². The Hall–Kier alpha value is -1.32. The summed E-state index contributed by atoms with van der Waals surface area (Å²) in [7, 11) is 0. The summed E-state index contributed by atoms with van der Waals surface area (Å²) in [6.07, 6.45) is 3.15. The number of aliphatic hydroxyl groups is 1. The second kappa shape index (κ2) is 5.34. The molecule has 0 saturated heterocycles. The van der Waals surface area contributed by atoms with E-state index < -0.39 is 6.10 Å². The molecule has 1 aromatic heterocycles. The highest BCUT2D eigenvalue weighted by Crippen LogP contribution is 2.24. The topological polar surface area (TPSA) is 33.1 Å². The van der Waals surface area contributed by atoms with Crippen molar-refractivity contribution < 1.29 is 5.11 Å². The summed E-state index contributed by atoms with van der Waals surface area (Å²) in [5.41, 5.74) is 2.84. The van der Waals surface area contributed by atoms with Gasteiger partial charge in [0.2, 0.25) is 0 Å². The van der Waals surface area contributed by atoms with E-state index >= 15 is 0 Å². The van der Waals surface area contributed by atoms with Gasteiger partial charge in [-0.2, -0.15) is 0 Å². The molecule has 1 N–H and O–H groups in total. The zero-order valence-corrected chi connectivity index (χ0v) is 10.7. The highest BCUT2D eigenvalue weighted by atomic mass is 32.2. The minimum absolute atomic E-state index is 0.599. The van der Waals surface area contributed by atoms with Crippen molar-refractivity contribution in [2.24, 2.45) is 0 Å². The van der Waals surface area contributed by atoms with E-state index in [1.54, 1.807) is 18.0 Å². The van der Waals surface area contributed by atoms with E-state index in [9.17, 15) is 5.11 Å². The number of nitrogens with zero attached hydrogens (tertiary/aromatic N) is 1. The maximum absolute atomic E-state index is 10.2. The molecule has 0 fully saturated rings.